The van der Waals surface area contributed by atoms with E-state index in [1.807, 2.05) is 53.1 Å². The van der Waals surface area contributed by atoms with Gasteiger partial charge in [-0.15, -0.1) is 11.8 Å². The van der Waals surface area contributed by atoms with Gasteiger partial charge in [0.2, 0.25) is 5.91 Å². The van der Waals surface area contributed by atoms with Gasteiger partial charge in [-0.05, 0) is 43.4 Å². The van der Waals surface area contributed by atoms with Crippen LogP contribution in [0.1, 0.15) is 13.8 Å². The third-order valence-corrected chi connectivity index (χ3v) is 8.57. The van der Waals surface area contributed by atoms with Crippen LogP contribution in [0.3, 0.4) is 0 Å². The largest absolute Gasteiger partial charge is 1.00 e. The molecule has 1 N–H and O–H groups in total. The molecular weight excluding hydrogens is 509 g/mol. The number of β-lactam (4-membered cyclic amide) rings is 1. The molecule has 12 heteroatoms. The molecule has 9 nitrogen and oxygen atoms in total. The van der Waals surface area contributed by atoms with E-state index in [0.29, 0.717) is 34.7 Å². The van der Waals surface area contributed by atoms with Crippen LogP contribution in [-0.2, 0) is 9.59 Å². The summed E-state index contributed by atoms with van der Waals surface area (Å²) in [7, 11) is 0. The smallest absolute Gasteiger partial charge is 0.543 e. The normalized spacial score (nSPS) is 24.9. The van der Waals surface area contributed by atoms with Crippen molar-refractivity contribution < 1.29 is 49.4 Å². The van der Waals surface area contributed by atoms with Gasteiger partial charge in [0.05, 0.1) is 29.7 Å². The number of fused-ring (bicyclic) bond motifs is 1. The number of hydrogen-bond acceptors (Lipinski definition) is 8. The minimum absolute atomic E-state index is 0. The Morgan fingerprint density at radius 2 is 1.69 bits per heavy atom. The van der Waals surface area contributed by atoms with Crippen LogP contribution in [0.5, 0.6) is 0 Å². The van der Waals surface area contributed by atoms with Gasteiger partial charge in [0.1, 0.15) is 11.6 Å². The molecule has 0 unspecified atom stereocenters. The van der Waals surface area contributed by atoms with Crippen LogP contribution in [0.2, 0.25) is 0 Å². The third kappa shape index (κ3) is 4.57. The number of aliphatic carboxylic acids is 1. The summed E-state index contributed by atoms with van der Waals surface area (Å²) in [5.74, 6) is -1.25. The minimum Gasteiger partial charge on any atom is -0.543 e. The van der Waals surface area contributed by atoms with E-state index in [1.54, 1.807) is 19.3 Å². The summed E-state index contributed by atoms with van der Waals surface area (Å²) in [6.45, 7) is 4.46. The maximum Gasteiger partial charge on any atom is 1.00 e. The van der Waals surface area contributed by atoms with Crippen molar-refractivity contribution in [1.29, 1.82) is 0 Å². The number of thioether (sulfide) groups is 1. The quantitative estimate of drug-likeness (QED) is 0.255. The first-order valence-electron chi connectivity index (χ1n) is 11.3. The molecule has 0 bridgehead atoms. The van der Waals surface area contributed by atoms with Crippen LogP contribution in [0.4, 0.5) is 11.6 Å². The molecule has 36 heavy (non-hydrogen) atoms. The fourth-order valence-corrected chi connectivity index (χ4v) is 6.89. The standard InChI is InChI=1S/C24H25N5O4S2.Na/c1-13-19-18(14(2)30)22(31)29(19)20(23(32)33)21(13)35-15-11-27(16-7-3-5-9-25-16)24(34)28(12-15)17-8-4-6-10-26-17;/h3-10,13-15,18-19,30H,11-12H2,1-2H3,(H,32,33);/q;+1/p-1/t13-,14-,18-,19-;/m1./s1. The molecule has 3 aliphatic rings. The minimum atomic E-state index is -1.38. The summed E-state index contributed by atoms with van der Waals surface area (Å²) in [5, 5.41) is 22.7. The van der Waals surface area contributed by atoms with E-state index < -0.39 is 18.0 Å². The summed E-state index contributed by atoms with van der Waals surface area (Å²) >= 11 is 7.23. The van der Waals surface area contributed by atoms with E-state index in [1.165, 1.54) is 16.7 Å². The van der Waals surface area contributed by atoms with Crippen LogP contribution in [0, 0.1) is 11.8 Å². The maximum atomic E-state index is 12.7. The van der Waals surface area contributed by atoms with Gasteiger partial charge in [-0.1, -0.05) is 19.1 Å². The van der Waals surface area contributed by atoms with Crippen molar-refractivity contribution in [1.82, 2.24) is 14.9 Å². The number of aromatic nitrogens is 2. The number of carbonyl (C=O) groups excluding carboxylic acids is 2. The van der Waals surface area contributed by atoms with Crippen molar-refractivity contribution in [2.75, 3.05) is 22.9 Å². The van der Waals surface area contributed by atoms with Gasteiger partial charge in [-0.3, -0.25) is 4.79 Å². The Kier molecular flexibility index (Phi) is 8.08. The molecule has 0 saturated carbocycles. The SMILES string of the molecule is C[C@@H](O)[C@H]1C(=O)N2C(C(=O)[O-])=C(SC3CN(c4ccccn4)C(=S)N(c4ccccn4)C3)[C@H](C)[C@H]12.[Na+]. The topological polar surface area (TPSA) is 113 Å². The van der Waals surface area contributed by atoms with Gasteiger partial charge in [-0.25, -0.2) is 9.97 Å². The average molecular weight is 534 g/mol. The van der Waals surface area contributed by atoms with Crippen molar-refractivity contribution in [3.8, 4) is 0 Å². The van der Waals surface area contributed by atoms with Crippen molar-refractivity contribution in [3.05, 3.63) is 59.4 Å². The molecule has 2 aromatic rings. The molecule has 2 fully saturated rings. The van der Waals surface area contributed by atoms with E-state index in [4.69, 9.17) is 12.2 Å². The van der Waals surface area contributed by atoms with Crippen LogP contribution in [0.15, 0.2) is 59.4 Å². The van der Waals surface area contributed by atoms with Crippen molar-refractivity contribution in [3.63, 3.8) is 0 Å². The van der Waals surface area contributed by atoms with E-state index in [9.17, 15) is 19.8 Å². The molecule has 5 heterocycles. The molecule has 3 aliphatic heterocycles. The zero-order valence-electron chi connectivity index (χ0n) is 20.1. The Balaban J connectivity index is 0.00000304. The number of carboxylic acid groups (broad SMARTS) is 1. The first kappa shape index (κ1) is 27.0. The average Bonchev–Trinajstić information content (AvgIpc) is 3.09. The molecule has 0 aliphatic carbocycles. The molecule has 5 rings (SSSR count). The number of carboxylic acids is 1. The van der Waals surface area contributed by atoms with Crippen molar-refractivity contribution in [2.24, 2.45) is 11.8 Å². The van der Waals surface area contributed by atoms with Gasteiger partial charge in [0, 0.05) is 41.6 Å². The van der Waals surface area contributed by atoms with E-state index in [2.05, 4.69) is 9.97 Å². The molecule has 0 spiro atoms. The first-order valence-corrected chi connectivity index (χ1v) is 12.6. The predicted molar refractivity (Wildman–Crippen MR) is 134 cm³/mol. The van der Waals surface area contributed by atoms with Crippen molar-refractivity contribution in [2.45, 2.75) is 31.2 Å². The van der Waals surface area contributed by atoms with Crippen LogP contribution < -0.4 is 44.5 Å². The Morgan fingerprint density at radius 1 is 1.14 bits per heavy atom. The van der Waals surface area contributed by atoms with E-state index in [-0.39, 0.29) is 58.4 Å². The summed E-state index contributed by atoms with van der Waals surface area (Å²) < 4.78 is 0. The monoisotopic (exact) mass is 533 g/mol. The zero-order valence-corrected chi connectivity index (χ0v) is 23.8. The second-order valence-electron chi connectivity index (χ2n) is 8.87. The second kappa shape index (κ2) is 10.8. The number of pyridine rings is 2. The van der Waals surface area contributed by atoms with Crippen molar-refractivity contribution >= 4 is 52.6 Å². The summed E-state index contributed by atoms with van der Waals surface area (Å²) in [5.41, 5.74) is -0.0867. The maximum absolute atomic E-state index is 12.7. The second-order valence-corrected chi connectivity index (χ2v) is 10.6. The number of rotatable bonds is 6. The number of nitrogens with zero attached hydrogens (tertiary/aromatic N) is 5. The number of anilines is 2. The fraction of sp³-hybridized carbons (Fsp3) is 0.375. The van der Waals surface area contributed by atoms with Gasteiger partial charge in [-0.2, -0.15) is 0 Å². The number of aliphatic hydroxyl groups is 1. The van der Waals surface area contributed by atoms with Gasteiger partial charge in [0.15, 0.2) is 5.11 Å². The first-order chi connectivity index (χ1) is 16.8. The van der Waals surface area contributed by atoms with E-state index >= 15 is 0 Å². The number of aliphatic hydroxyl groups excluding tert-OH is 1. The van der Waals surface area contributed by atoms with E-state index in [0.717, 1.165) is 0 Å². The van der Waals surface area contributed by atoms with Crippen LogP contribution in [-0.4, -0.2) is 67.4 Å². The zero-order chi connectivity index (χ0) is 24.9. The number of hydrogen-bond donors (Lipinski definition) is 1. The van der Waals surface area contributed by atoms with Gasteiger partial charge >= 0.3 is 29.6 Å². The Labute approximate surface area is 240 Å². The summed E-state index contributed by atoms with van der Waals surface area (Å²) in [6.07, 6.45) is 2.54. The molecule has 2 aromatic heterocycles. The number of thiocarbonyl (C=S) groups is 1. The Morgan fingerprint density at radius 3 is 2.14 bits per heavy atom. The Bertz CT molecular complexity index is 1150. The van der Waals surface area contributed by atoms with Crippen LogP contribution in [0.25, 0.3) is 0 Å². The molecule has 2 saturated heterocycles. The fourth-order valence-electron chi connectivity index (χ4n) is 5.10. The molecule has 0 aromatic carbocycles. The number of carbonyl (C=O) groups is 2. The predicted octanol–water partition coefficient (Wildman–Crippen LogP) is -1.99. The molecule has 1 amide bonds. The Hall–Kier alpha value is -2.02. The summed E-state index contributed by atoms with van der Waals surface area (Å²) in [6, 6.07) is 10.8. The molecular formula is C24H24N5NaO4S2. The third-order valence-electron chi connectivity index (χ3n) is 6.68. The van der Waals surface area contributed by atoms with Crippen LogP contribution >= 0.6 is 24.0 Å². The van der Waals surface area contributed by atoms with Gasteiger partial charge < -0.3 is 29.7 Å². The molecule has 4 atom stereocenters. The molecule has 182 valence electrons. The summed E-state index contributed by atoms with van der Waals surface area (Å²) in [4.78, 5) is 39.5. The van der Waals surface area contributed by atoms with Gasteiger partial charge in [0.25, 0.3) is 0 Å². The molecule has 0 radical (unpaired) electrons. The number of amides is 1.